The van der Waals surface area contributed by atoms with Crippen LogP contribution in [0.1, 0.15) is 36.8 Å². The number of hydrogen-bond acceptors (Lipinski definition) is 2. The van der Waals surface area contributed by atoms with Gasteiger partial charge in [0.25, 0.3) is 0 Å². The van der Waals surface area contributed by atoms with E-state index in [0.29, 0.717) is 11.6 Å². The van der Waals surface area contributed by atoms with Crippen LogP contribution in [-0.2, 0) is 11.2 Å². The molecule has 1 aliphatic heterocycles. The molecule has 1 amide bonds. The highest BCUT2D eigenvalue weighted by Crippen LogP contribution is 2.39. The number of hydrogen-bond donors (Lipinski definition) is 2. The SMILES string of the molecule is CCC1C(=O)Nc2c(CCCN)cc(Cl)cc21. The number of carbonyl (C=O) groups excluding carboxylic acids is 1. The Balaban J connectivity index is 2.40. The van der Waals surface area contributed by atoms with Crippen molar-refractivity contribution in [2.75, 3.05) is 11.9 Å². The topological polar surface area (TPSA) is 55.1 Å². The first kappa shape index (κ1) is 12.4. The third-order valence-corrected chi connectivity index (χ3v) is 3.43. The van der Waals surface area contributed by atoms with Crippen molar-refractivity contribution >= 4 is 23.2 Å². The van der Waals surface area contributed by atoms with E-state index in [9.17, 15) is 4.79 Å². The van der Waals surface area contributed by atoms with Gasteiger partial charge < -0.3 is 11.1 Å². The van der Waals surface area contributed by atoms with Crippen LogP contribution in [0.2, 0.25) is 5.02 Å². The van der Waals surface area contributed by atoms with Crippen LogP contribution in [0.3, 0.4) is 0 Å². The van der Waals surface area contributed by atoms with E-state index < -0.39 is 0 Å². The highest BCUT2D eigenvalue weighted by atomic mass is 35.5. The summed E-state index contributed by atoms with van der Waals surface area (Å²) in [5, 5.41) is 3.66. The normalized spacial score (nSPS) is 18.1. The predicted molar refractivity (Wildman–Crippen MR) is 70.5 cm³/mol. The van der Waals surface area contributed by atoms with E-state index in [0.717, 1.165) is 36.1 Å². The summed E-state index contributed by atoms with van der Waals surface area (Å²) in [6.07, 6.45) is 2.56. The summed E-state index contributed by atoms with van der Waals surface area (Å²) >= 11 is 6.11. The number of fused-ring (bicyclic) bond motifs is 1. The molecule has 0 radical (unpaired) electrons. The molecule has 1 aromatic carbocycles. The van der Waals surface area contributed by atoms with Crippen molar-refractivity contribution in [3.8, 4) is 0 Å². The van der Waals surface area contributed by atoms with Gasteiger partial charge in [0.05, 0.1) is 5.92 Å². The molecule has 0 bridgehead atoms. The molecular weight excluding hydrogens is 236 g/mol. The second kappa shape index (κ2) is 5.07. The molecule has 2 rings (SSSR count). The van der Waals surface area contributed by atoms with E-state index >= 15 is 0 Å². The Labute approximate surface area is 106 Å². The lowest BCUT2D eigenvalue weighted by Gasteiger charge is -2.09. The predicted octanol–water partition coefficient (Wildman–Crippen LogP) is 2.68. The summed E-state index contributed by atoms with van der Waals surface area (Å²) in [4.78, 5) is 11.8. The fourth-order valence-corrected chi connectivity index (χ4v) is 2.61. The maximum Gasteiger partial charge on any atom is 0.232 e. The maximum atomic E-state index is 11.8. The summed E-state index contributed by atoms with van der Waals surface area (Å²) in [6.45, 7) is 2.66. The lowest BCUT2D eigenvalue weighted by Crippen LogP contribution is -2.11. The smallest absolute Gasteiger partial charge is 0.232 e. The van der Waals surface area contributed by atoms with Crippen LogP contribution in [0, 0.1) is 0 Å². The number of rotatable bonds is 4. The molecule has 4 heteroatoms. The number of amides is 1. The van der Waals surface area contributed by atoms with Crippen molar-refractivity contribution in [3.63, 3.8) is 0 Å². The summed E-state index contributed by atoms with van der Waals surface area (Å²) < 4.78 is 0. The highest BCUT2D eigenvalue weighted by molar-refractivity contribution is 6.31. The maximum absolute atomic E-state index is 11.8. The number of anilines is 1. The van der Waals surface area contributed by atoms with Gasteiger partial charge in [-0.15, -0.1) is 0 Å². The van der Waals surface area contributed by atoms with Gasteiger partial charge in [0.15, 0.2) is 0 Å². The van der Waals surface area contributed by atoms with Gasteiger partial charge >= 0.3 is 0 Å². The van der Waals surface area contributed by atoms with Gasteiger partial charge in [-0.1, -0.05) is 18.5 Å². The van der Waals surface area contributed by atoms with Crippen LogP contribution >= 0.6 is 11.6 Å². The number of benzene rings is 1. The molecule has 0 saturated heterocycles. The Kier molecular flexibility index (Phi) is 3.69. The Hall–Kier alpha value is -1.06. The standard InChI is InChI=1S/C13H17ClN2O/c1-2-10-11-7-9(14)6-8(4-3-5-15)12(11)16-13(10)17/h6-7,10H,2-5,15H2,1H3,(H,16,17). The summed E-state index contributed by atoms with van der Waals surface area (Å²) in [7, 11) is 0. The molecule has 0 saturated carbocycles. The lowest BCUT2D eigenvalue weighted by molar-refractivity contribution is -0.117. The molecule has 1 aliphatic rings. The molecule has 1 heterocycles. The second-order valence-corrected chi connectivity index (χ2v) is 4.81. The Morgan fingerprint density at radius 3 is 2.88 bits per heavy atom. The molecule has 17 heavy (non-hydrogen) atoms. The third-order valence-electron chi connectivity index (χ3n) is 3.21. The fraction of sp³-hybridized carbons (Fsp3) is 0.462. The highest BCUT2D eigenvalue weighted by Gasteiger charge is 2.30. The Morgan fingerprint density at radius 1 is 1.47 bits per heavy atom. The third kappa shape index (κ3) is 2.31. The minimum absolute atomic E-state index is 0.0553. The van der Waals surface area contributed by atoms with Gasteiger partial charge in [0, 0.05) is 10.7 Å². The van der Waals surface area contributed by atoms with E-state index in [4.69, 9.17) is 17.3 Å². The monoisotopic (exact) mass is 252 g/mol. The van der Waals surface area contributed by atoms with E-state index in [-0.39, 0.29) is 11.8 Å². The minimum atomic E-state index is -0.0553. The number of nitrogens with one attached hydrogen (secondary N) is 1. The average molecular weight is 253 g/mol. The van der Waals surface area contributed by atoms with Gasteiger partial charge in [-0.05, 0) is 49.1 Å². The average Bonchev–Trinajstić information content (AvgIpc) is 2.61. The van der Waals surface area contributed by atoms with Crippen LogP contribution in [-0.4, -0.2) is 12.5 Å². The molecule has 0 spiro atoms. The van der Waals surface area contributed by atoms with Crippen LogP contribution in [0.4, 0.5) is 5.69 Å². The quantitative estimate of drug-likeness (QED) is 0.866. The van der Waals surface area contributed by atoms with Crippen molar-refractivity contribution in [1.29, 1.82) is 0 Å². The number of halogens is 1. The number of nitrogens with two attached hydrogens (primary N) is 1. The van der Waals surface area contributed by atoms with Gasteiger partial charge in [-0.2, -0.15) is 0 Å². The molecule has 0 aromatic heterocycles. The van der Waals surface area contributed by atoms with Gasteiger partial charge in [0.2, 0.25) is 5.91 Å². The van der Waals surface area contributed by atoms with Crippen LogP contribution in [0.5, 0.6) is 0 Å². The molecule has 1 aromatic rings. The fourth-order valence-electron chi connectivity index (χ4n) is 2.36. The van der Waals surface area contributed by atoms with Crippen molar-refractivity contribution < 1.29 is 4.79 Å². The zero-order chi connectivity index (χ0) is 12.4. The van der Waals surface area contributed by atoms with Gasteiger partial charge in [-0.25, -0.2) is 0 Å². The van der Waals surface area contributed by atoms with E-state index in [1.165, 1.54) is 0 Å². The van der Waals surface area contributed by atoms with Crippen LogP contribution < -0.4 is 11.1 Å². The number of carbonyl (C=O) groups is 1. The van der Waals surface area contributed by atoms with Crippen molar-refractivity contribution in [2.24, 2.45) is 5.73 Å². The zero-order valence-electron chi connectivity index (χ0n) is 9.92. The first-order valence-corrected chi connectivity index (χ1v) is 6.38. The molecule has 3 nitrogen and oxygen atoms in total. The largest absolute Gasteiger partial charge is 0.330 e. The Bertz CT molecular complexity index is 445. The summed E-state index contributed by atoms with van der Waals surface area (Å²) in [6, 6.07) is 3.82. The molecular formula is C13H17ClN2O. The van der Waals surface area contributed by atoms with E-state index in [2.05, 4.69) is 5.32 Å². The molecule has 1 atom stereocenters. The van der Waals surface area contributed by atoms with E-state index in [1.807, 2.05) is 19.1 Å². The lowest BCUT2D eigenvalue weighted by atomic mass is 9.95. The van der Waals surface area contributed by atoms with Gasteiger partial charge in [0.1, 0.15) is 0 Å². The van der Waals surface area contributed by atoms with Crippen molar-refractivity contribution in [3.05, 3.63) is 28.3 Å². The van der Waals surface area contributed by atoms with Gasteiger partial charge in [-0.3, -0.25) is 4.79 Å². The summed E-state index contributed by atoms with van der Waals surface area (Å²) in [5.41, 5.74) is 8.62. The van der Waals surface area contributed by atoms with E-state index in [1.54, 1.807) is 0 Å². The van der Waals surface area contributed by atoms with Crippen molar-refractivity contribution in [2.45, 2.75) is 32.1 Å². The summed E-state index contributed by atoms with van der Waals surface area (Å²) in [5.74, 6) is 0.0269. The molecule has 1 unspecified atom stereocenters. The zero-order valence-corrected chi connectivity index (χ0v) is 10.7. The molecule has 0 fully saturated rings. The molecule has 0 aliphatic carbocycles. The Morgan fingerprint density at radius 2 is 2.24 bits per heavy atom. The minimum Gasteiger partial charge on any atom is -0.330 e. The second-order valence-electron chi connectivity index (χ2n) is 4.37. The molecule has 3 N–H and O–H groups in total. The van der Waals surface area contributed by atoms with Crippen LogP contribution in [0.15, 0.2) is 12.1 Å². The molecule has 92 valence electrons. The number of aryl methyl sites for hydroxylation is 1. The van der Waals surface area contributed by atoms with Crippen molar-refractivity contribution in [1.82, 2.24) is 0 Å². The first-order chi connectivity index (χ1) is 8.17. The van der Waals surface area contributed by atoms with Crippen LogP contribution in [0.25, 0.3) is 0 Å². The first-order valence-electron chi connectivity index (χ1n) is 6.00.